The van der Waals surface area contributed by atoms with Crippen molar-refractivity contribution in [2.75, 3.05) is 0 Å². The van der Waals surface area contributed by atoms with E-state index in [-0.39, 0.29) is 0 Å². The molecule has 1 atom stereocenters. The van der Waals surface area contributed by atoms with Crippen LogP contribution in [0.2, 0.25) is 0 Å². The number of nitriles is 1. The van der Waals surface area contributed by atoms with Gasteiger partial charge in [0.15, 0.2) is 0 Å². The Morgan fingerprint density at radius 2 is 2.19 bits per heavy atom. The highest BCUT2D eigenvalue weighted by Crippen LogP contribution is 2.48. The van der Waals surface area contributed by atoms with Crippen LogP contribution in [0.4, 0.5) is 0 Å². The number of nitrogens with zero attached hydrogens (tertiary/aromatic N) is 1. The van der Waals surface area contributed by atoms with Crippen molar-refractivity contribution in [1.82, 2.24) is 0 Å². The number of allylic oxidation sites excluding steroid dienone is 6. The molecule has 84 valence electrons. The molecular weight excluding hydrogens is 194 g/mol. The lowest BCUT2D eigenvalue weighted by molar-refractivity contribution is 0.224. The van der Waals surface area contributed by atoms with Crippen molar-refractivity contribution in [2.24, 2.45) is 11.3 Å². The van der Waals surface area contributed by atoms with Gasteiger partial charge in [-0.05, 0) is 48.7 Å². The SMILES string of the molecule is CC1=CC2=CC(=CC#N)CC(C)(C)C2CC1. The van der Waals surface area contributed by atoms with E-state index in [1.54, 1.807) is 6.08 Å². The summed E-state index contributed by atoms with van der Waals surface area (Å²) in [6.07, 6.45) is 9.76. The van der Waals surface area contributed by atoms with Crippen LogP contribution in [0.5, 0.6) is 0 Å². The van der Waals surface area contributed by atoms with Crippen molar-refractivity contribution in [1.29, 1.82) is 5.26 Å². The maximum absolute atomic E-state index is 8.77. The van der Waals surface area contributed by atoms with E-state index in [0.29, 0.717) is 11.3 Å². The second kappa shape index (κ2) is 3.94. The van der Waals surface area contributed by atoms with Crippen LogP contribution >= 0.6 is 0 Å². The Bertz CT molecular complexity index is 427. The Kier molecular flexibility index (Phi) is 2.76. The highest BCUT2D eigenvalue weighted by atomic mass is 14.4. The molecule has 0 N–H and O–H groups in total. The summed E-state index contributed by atoms with van der Waals surface area (Å²) in [5.74, 6) is 0.673. The Balaban J connectivity index is 2.44. The lowest BCUT2D eigenvalue weighted by Gasteiger charge is -2.41. The zero-order chi connectivity index (χ0) is 11.8. The van der Waals surface area contributed by atoms with E-state index < -0.39 is 0 Å². The first kappa shape index (κ1) is 11.2. The summed E-state index contributed by atoms with van der Waals surface area (Å²) in [6, 6.07) is 2.15. The van der Waals surface area contributed by atoms with Crippen molar-refractivity contribution in [3.63, 3.8) is 0 Å². The normalized spacial score (nSPS) is 30.1. The summed E-state index contributed by atoms with van der Waals surface area (Å²) in [4.78, 5) is 0. The fourth-order valence-corrected chi connectivity index (χ4v) is 3.07. The van der Waals surface area contributed by atoms with Gasteiger partial charge in [-0.25, -0.2) is 0 Å². The van der Waals surface area contributed by atoms with E-state index in [9.17, 15) is 0 Å². The molecule has 0 saturated carbocycles. The summed E-state index contributed by atoms with van der Waals surface area (Å²) in [6.45, 7) is 6.85. The van der Waals surface area contributed by atoms with E-state index in [0.717, 1.165) is 6.42 Å². The Morgan fingerprint density at radius 1 is 1.44 bits per heavy atom. The molecular formula is C15H19N. The third kappa shape index (κ3) is 1.97. The van der Waals surface area contributed by atoms with E-state index in [2.05, 4.69) is 39.0 Å². The minimum absolute atomic E-state index is 0.296. The standard InChI is InChI=1S/C15H19N/c1-11-4-5-14-13(8-11)9-12(6-7-16)10-15(14,2)3/h6,8-9,14H,4-5,10H2,1-3H3. The van der Waals surface area contributed by atoms with Crippen molar-refractivity contribution in [3.8, 4) is 6.07 Å². The lowest BCUT2D eigenvalue weighted by Crippen LogP contribution is -2.30. The van der Waals surface area contributed by atoms with Gasteiger partial charge in [0.1, 0.15) is 0 Å². The van der Waals surface area contributed by atoms with Gasteiger partial charge in [-0.3, -0.25) is 0 Å². The third-order valence-corrected chi connectivity index (χ3v) is 3.85. The van der Waals surface area contributed by atoms with Crippen LogP contribution in [-0.4, -0.2) is 0 Å². The van der Waals surface area contributed by atoms with Crippen LogP contribution in [-0.2, 0) is 0 Å². The number of rotatable bonds is 0. The molecule has 0 spiro atoms. The lowest BCUT2D eigenvalue weighted by atomic mass is 9.63. The van der Waals surface area contributed by atoms with Crippen molar-refractivity contribution < 1.29 is 0 Å². The predicted molar refractivity (Wildman–Crippen MR) is 66.7 cm³/mol. The van der Waals surface area contributed by atoms with Gasteiger partial charge in [0.2, 0.25) is 0 Å². The van der Waals surface area contributed by atoms with Crippen molar-refractivity contribution >= 4 is 0 Å². The summed E-state index contributed by atoms with van der Waals surface area (Å²) < 4.78 is 0. The molecule has 0 fully saturated rings. The third-order valence-electron chi connectivity index (χ3n) is 3.85. The van der Waals surface area contributed by atoms with E-state index in [4.69, 9.17) is 5.26 Å². The second-order valence-electron chi connectivity index (χ2n) is 5.74. The molecule has 0 aromatic heterocycles. The second-order valence-corrected chi connectivity index (χ2v) is 5.74. The molecule has 0 aliphatic heterocycles. The maximum Gasteiger partial charge on any atom is 0.0914 e. The fourth-order valence-electron chi connectivity index (χ4n) is 3.07. The summed E-state index contributed by atoms with van der Waals surface area (Å²) >= 11 is 0. The molecule has 1 heteroatoms. The minimum Gasteiger partial charge on any atom is -0.193 e. The molecule has 0 aromatic carbocycles. The largest absolute Gasteiger partial charge is 0.193 e. The number of hydrogen-bond acceptors (Lipinski definition) is 1. The smallest absolute Gasteiger partial charge is 0.0914 e. The van der Waals surface area contributed by atoms with Gasteiger partial charge in [0.05, 0.1) is 6.07 Å². The zero-order valence-electron chi connectivity index (χ0n) is 10.4. The first-order chi connectivity index (χ1) is 7.53. The van der Waals surface area contributed by atoms with Crippen LogP contribution in [0.15, 0.2) is 34.9 Å². The summed E-state index contributed by atoms with van der Waals surface area (Å²) in [7, 11) is 0. The number of fused-ring (bicyclic) bond motifs is 1. The van der Waals surface area contributed by atoms with Gasteiger partial charge >= 0.3 is 0 Å². The monoisotopic (exact) mass is 213 g/mol. The molecule has 2 rings (SSSR count). The predicted octanol–water partition coefficient (Wildman–Crippen LogP) is 4.15. The first-order valence-corrected chi connectivity index (χ1v) is 6.00. The Labute approximate surface area is 98.2 Å². The molecule has 0 amide bonds. The van der Waals surface area contributed by atoms with Gasteiger partial charge in [-0.2, -0.15) is 5.26 Å². The topological polar surface area (TPSA) is 23.8 Å². The van der Waals surface area contributed by atoms with Gasteiger partial charge in [0, 0.05) is 6.08 Å². The van der Waals surface area contributed by atoms with E-state index in [1.165, 1.54) is 29.6 Å². The molecule has 2 aliphatic carbocycles. The van der Waals surface area contributed by atoms with Gasteiger partial charge < -0.3 is 0 Å². The summed E-state index contributed by atoms with van der Waals surface area (Å²) in [5.41, 5.74) is 4.38. The zero-order valence-corrected chi connectivity index (χ0v) is 10.4. The molecule has 0 heterocycles. The van der Waals surface area contributed by atoms with Crippen LogP contribution in [0.25, 0.3) is 0 Å². The Morgan fingerprint density at radius 3 is 2.88 bits per heavy atom. The molecule has 1 unspecified atom stereocenters. The molecule has 2 aliphatic rings. The van der Waals surface area contributed by atoms with Gasteiger partial charge in [-0.1, -0.05) is 31.6 Å². The Hall–Kier alpha value is -1.29. The maximum atomic E-state index is 8.77. The van der Waals surface area contributed by atoms with E-state index >= 15 is 0 Å². The van der Waals surface area contributed by atoms with Gasteiger partial charge in [-0.15, -0.1) is 0 Å². The highest BCUT2D eigenvalue weighted by molar-refractivity contribution is 5.42. The first-order valence-electron chi connectivity index (χ1n) is 6.00. The van der Waals surface area contributed by atoms with Gasteiger partial charge in [0.25, 0.3) is 0 Å². The molecule has 0 saturated heterocycles. The molecule has 0 bridgehead atoms. The minimum atomic E-state index is 0.296. The molecule has 0 radical (unpaired) electrons. The molecule has 16 heavy (non-hydrogen) atoms. The van der Waals surface area contributed by atoms with Crippen molar-refractivity contribution in [2.45, 2.75) is 40.0 Å². The van der Waals surface area contributed by atoms with Crippen LogP contribution in [0.3, 0.4) is 0 Å². The van der Waals surface area contributed by atoms with Crippen LogP contribution < -0.4 is 0 Å². The van der Waals surface area contributed by atoms with Crippen LogP contribution in [0.1, 0.15) is 40.0 Å². The fraction of sp³-hybridized carbons (Fsp3) is 0.533. The average molecular weight is 213 g/mol. The van der Waals surface area contributed by atoms with E-state index in [1.807, 2.05) is 0 Å². The molecule has 1 nitrogen and oxygen atoms in total. The van der Waals surface area contributed by atoms with Crippen LogP contribution in [0, 0.1) is 22.7 Å². The number of hydrogen-bond donors (Lipinski definition) is 0. The van der Waals surface area contributed by atoms with Crippen molar-refractivity contribution in [3.05, 3.63) is 34.9 Å². The molecule has 0 aromatic rings. The summed E-state index contributed by atoms with van der Waals surface area (Å²) in [5, 5.41) is 8.77. The highest BCUT2D eigenvalue weighted by Gasteiger charge is 2.36. The average Bonchev–Trinajstić information content (AvgIpc) is 2.15. The quantitative estimate of drug-likeness (QED) is 0.554.